The molecule has 1 aromatic rings. The minimum Gasteiger partial charge on any atom is -0.338 e. The molecule has 0 aromatic carbocycles. The Morgan fingerprint density at radius 3 is 2.17 bits per heavy atom. The summed E-state index contributed by atoms with van der Waals surface area (Å²) in [5.41, 5.74) is -0.575. The van der Waals surface area contributed by atoms with E-state index >= 15 is 0 Å². The van der Waals surface area contributed by atoms with Crippen molar-refractivity contribution >= 4 is 11.8 Å². The molecular formula is C16H24N4O3. The molecule has 0 saturated carbocycles. The van der Waals surface area contributed by atoms with Crippen LogP contribution in [0.5, 0.6) is 0 Å². The summed E-state index contributed by atoms with van der Waals surface area (Å²) in [5, 5.41) is 6.09. The Labute approximate surface area is 135 Å². The highest BCUT2D eigenvalue weighted by Gasteiger charge is 2.38. The molecule has 1 N–H and O–H groups in total. The summed E-state index contributed by atoms with van der Waals surface area (Å²) in [5.74, 6) is -0.144. The van der Waals surface area contributed by atoms with E-state index in [2.05, 4.69) is 10.2 Å². The van der Waals surface area contributed by atoms with E-state index < -0.39 is 5.41 Å². The number of aromatic amines is 1. The van der Waals surface area contributed by atoms with Crippen molar-refractivity contribution in [3.63, 3.8) is 0 Å². The van der Waals surface area contributed by atoms with Crippen molar-refractivity contribution in [1.29, 1.82) is 0 Å². The molecule has 2 heterocycles. The van der Waals surface area contributed by atoms with Crippen molar-refractivity contribution < 1.29 is 9.59 Å². The standard InChI is InChI=1S/C16H24N4O3/c1-10-8-19(15(23)16(3,4)5)9-11(2)20(10)14(22)12-6-7-13(21)18-17-12/h6-7,10-11H,8-9H2,1-5H3,(H,18,21). The third-order valence-corrected chi connectivity index (χ3v) is 3.98. The van der Waals surface area contributed by atoms with E-state index in [1.54, 1.807) is 4.90 Å². The summed E-state index contributed by atoms with van der Waals surface area (Å²) in [6, 6.07) is 2.47. The van der Waals surface area contributed by atoms with Crippen LogP contribution in [0.15, 0.2) is 16.9 Å². The number of carbonyl (C=O) groups excluding carboxylic acids is 2. The molecule has 23 heavy (non-hydrogen) atoms. The zero-order chi connectivity index (χ0) is 17.4. The summed E-state index contributed by atoms with van der Waals surface area (Å²) in [4.78, 5) is 39.7. The van der Waals surface area contributed by atoms with Crippen LogP contribution in [0, 0.1) is 5.41 Å². The first-order valence-electron chi connectivity index (χ1n) is 7.79. The van der Waals surface area contributed by atoms with Gasteiger partial charge in [0.25, 0.3) is 11.5 Å². The summed E-state index contributed by atoms with van der Waals surface area (Å²) >= 11 is 0. The molecule has 0 aliphatic carbocycles. The van der Waals surface area contributed by atoms with Crippen LogP contribution in [-0.2, 0) is 4.79 Å². The highest BCUT2D eigenvalue weighted by atomic mass is 16.2. The first-order chi connectivity index (χ1) is 10.6. The van der Waals surface area contributed by atoms with Gasteiger partial charge in [0.15, 0.2) is 0 Å². The molecule has 1 aromatic heterocycles. The van der Waals surface area contributed by atoms with Crippen LogP contribution in [0.1, 0.15) is 45.1 Å². The minimum absolute atomic E-state index is 0.0884. The summed E-state index contributed by atoms with van der Waals surface area (Å²) in [6.07, 6.45) is 0. The normalized spacial score (nSPS) is 22.1. The Morgan fingerprint density at radius 2 is 1.74 bits per heavy atom. The van der Waals surface area contributed by atoms with Gasteiger partial charge in [-0.15, -0.1) is 0 Å². The third kappa shape index (κ3) is 3.60. The fraction of sp³-hybridized carbons (Fsp3) is 0.625. The zero-order valence-corrected chi connectivity index (χ0v) is 14.3. The molecule has 2 unspecified atom stereocenters. The van der Waals surface area contributed by atoms with Crippen molar-refractivity contribution in [3.05, 3.63) is 28.2 Å². The van der Waals surface area contributed by atoms with Gasteiger partial charge in [-0.3, -0.25) is 14.4 Å². The number of rotatable bonds is 1. The number of aromatic nitrogens is 2. The van der Waals surface area contributed by atoms with E-state index in [4.69, 9.17) is 0 Å². The van der Waals surface area contributed by atoms with E-state index in [1.807, 2.05) is 39.5 Å². The number of carbonyl (C=O) groups is 2. The first kappa shape index (κ1) is 17.2. The van der Waals surface area contributed by atoms with Crippen LogP contribution in [-0.4, -0.2) is 57.0 Å². The number of nitrogens with one attached hydrogen (secondary N) is 1. The monoisotopic (exact) mass is 320 g/mol. The molecule has 0 bridgehead atoms. The average Bonchev–Trinajstić information content (AvgIpc) is 2.45. The van der Waals surface area contributed by atoms with Crippen LogP contribution < -0.4 is 5.56 Å². The maximum atomic E-state index is 12.6. The lowest BCUT2D eigenvalue weighted by molar-refractivity contribution is -0.143. The molecule has 1 saturated heterocycles. The van der Waals surface area contributed by atoms with Crippen molar-refractivity contribution in [2.24, 2.45) is 5.41 Å². The van der Waals surface area contributed by atoms with Crippen LogP contribution in [0.4, 0.5) is 0 Å². The summed E-state index contributed by atoms with van der Waals surface area (Å²) in [7, 11) is 0. The van der Waals surface area contributed by atoms with Crippen molar-refractivity contribution in [3.8, 4) is 0 Å². The van der Waals surface area contributed by atoms with Gasteiger partial charge in [-0.1, -0.05) is 20.8 Å². The van der Waals surface area contributed by atoms with Crippen LogP contribution >= 0.6 is 0 Å². The second kappa shape index (κ2) is 6.14. The molecule has 7 heteroatoms. The molecule has 1 aliphatic rings. The van der Waals surface area contributed by atoms with Gasteiger partial charge in [-0.25, -0.2) is 5.10 Å². The highest BCUT2D eigenvalue weighted by Crippen LogP contribution is 2.23. The van der Waals surface area contributed by atoms with E-state index in [0.29, 0.717) is 13.1 Å². The molecule has 0 spiro atoms. The van der Waals surface area contributed by atoms with Gasteiger partial charge in [-0.05, 0) is 19.9 Å². The lowest BCUT2D eigenvalue weighted by atomic mass is 9.93. The fourth-order valence-corrected chi connectivity index (χ4v) is 2.96. The molecule has 1 fully saturated rings. The number of nitrogens with zero attached hydrogens (tertiary/aromatic N) is 3. The zero-order valence-electron chi connectivity index (χ0n) is 14.3. The lowest BCUT2D eigenvalue weighted by Crippen LogP contribution is -2.61. The molecule has 1 aliphatic heterocycles. The molecule has 7 nitrogen and oxygen atoms in total. The maximum Gasteiger partial charge on any atom is 0.274 e. The Bertz CT molecular complexity index is 630. The Morgan fingerprint density at radius 1 is 1.17 bits per heavy atom. The smallest absolute Gasteiger partial charge is 0.274 e. The highest BCUT2D eigenvalue weighted by molar-refractivity contribution is 5.93. The number of H-pyrrole nitrogens is 1. The van der Waals surface area contributed by atoms with E-state index in [0.717, 1.165) is 0 Å². The summed E-state index contributed by atoms with van der Waals surface area (Å²) in [6.45, 7) is 10.5. The molecular weight excluding hydrogens is 296 g/mol. The SMILES string of the molecule is CC1CN(C(=O)C(C)(C)C)CC(C)N1C(=O)c1ccc(=O)[nH]n1. The second-order valence-corrected chi connectivity index (χ2v) is 7.18. The van der Waals surface area contributed by atoms with Gasteiger partial charge in [0.1, 0.15) is 5.69 Å². The van der Waals surface area contributed by atoms with E-state index in [-0.39, 0.29) is 35.2 Å². The quantitative estimate of drug-likeness (QED) is 0.832. The van der Waals surface area contributed by atoms with Crippen molar-refractivity contribution in [1.82, 2.24) is 20.0 Å². The van der Waals surface area contributed by atoms with Gasteiger partial charge in [0, 0.05) is 36.7 Å². The number of piperazine rings is 1. The van der Waals surface area contributed by atoms with E-state index in [1.165, 1.54) is 12.1 Å². The van der Waals surface area contributed by atoms with Gasteiger partial charge in [0.05, 0.1) is 0 Å². The van der Waals surface area contributed by atoms with Gasteiger partial charge < -0.3 is 9.80 Å². The Balaban J connectivity index is 2.17. The predicted octanol–water partition coefficient (Wildman–Crippen LogP) is 0.877. The number of hydrogen-bond donors (Lipinski definition) is 1. The minimum atomic E-state index is -0.438. The Kier molecular flexibility index (Phi) is 4.58. The van der Waals surface area contributed by atoms with Gasteiger partial charge in [0.2, 0.25) is 5.91 Å². The largest absolute Gasteiger partial charge is 0.338 e. The van der Waals surface area contributed by atoms with Crippen LogP contribution in [0.3, 0.4) is 0 Å². The van der Waals surface area contributed by atoms with Crippen LogP contribution in [0.25, 0.3) is 0 Å². The molecule has 126 valence electrons. The third-order valence-electron chi connectivity index (χ3n) is 3.98. The van der Waals surface area contributed by atoms with Gasteiger partial charge >= 0.3 is 0 Å². The lowest BCUT2D eigenvalue weighted by Gasteiger charge is -2.45. The molecule has 2 amide bonds. The second-order valence-electron chi connectivity index (χ2n) is 7.18. The number of hydrogen-bond acceptors (Lipinski definition) is 4. The van der Waals surface area contributed by atoms with Crippen LogP contribution in [0.2, 0.25) is 0 Å². The first-order valence-corrected chi connectivity index (χ1v) is 7.79. The molecule has 0 radical (unpaired) electrons. The topological polar surface area (TPSA) is 86.4 Å². The molecule has 2 atom stereocenters. The summed E-state index contributed by atoms with van der Waals surface area (Å²) < 4.78 is 0. The fourth-order valence-electron chi connectivity index (χ4n) is 2.96. The predicted molar refractivity (Wildman–Crippen MR) is 86.0 cm³/mol. The average molecular weight is 320 g/mol. The maximum absolute atomic E-state index is 12.6. The molecule has 2 rings (SSSR count). The van der Waals surface area contributed by atoms with E-state index in [9.17, 15) is 14.4 Å². The van der Waals surface area contributed by atoms with Crippen molar-refractivity contribution in [2.75, 3.05) is 13.1 Å². The number of amides is 2. The Hall–Kier alpha value is -2.18. The van der Waals surface area contributed by atoms with Gasteiger partial charge in [-0.2, -0.15) is 5.10 Å². The van der Waals surface area contributed by atoms with Crippen molar-refractivity contribution in [2.45, 2.75) is 46.7 Å².